The SMILES string of the molecule is C[C@H](c1ccc[c-]1/[P+](=C1/C=CC=CC1)[c-]1cccc1)N(C)C. The molecule has 1 unspecified atom stereocenters. The maximum Gasteiger partial charge on any atom is 0.112 e. The fourth-order valence-electron chi connectivity index (χ4n) is 2.90. The molecule has 1 aliphatic carbocycles. The van der Waals surface area contributed by atoms with Gasteiger partial charge in [-0.05, 0) is 27.1 Å². The monoisotopic (exact) mass is 308 g/mol. The molecule has 0 aromatic heterocycles. The van der Waals surface area contributed by atoms with E-state index in [-0.39, 0.29) is 0 Å². The topological polar surface area (TPSA) is 3.24 Å². The van der Waals surface area contributed by atoms with Gasteiger partial charge in [0.1, 0.15) is 5.29 Å². The molecule has 0 aliphatic heterocycles. The van der Waals surface area contributed by atoms with E-state index >= 15 is 0 Å². The molecule has 2 heteroatoms. The smallest absolute Gasteiger partial charge is 0.112 e. The van der Waals surface area contributed by atoms with Gasteiger partial charge in [-0.2, -0.15) is 0 Å². The Balaban J connectivity index is 2.15. The zero-order chi connectivity index (χ0) is 15.5. The van der Waals surface area contributed by atoms with Crippen LogP contribution in [-0.2, 0) is 0 Å². The fraction of sp³-hybridized carbons (Fsp3) is 0.250. The zero-order valence-corrected chi connectivity index (χ0v) is 14.4. The van der Waals surface area contributed by atoms with Gasteiger partial charge in [-0.15, -0.1) is 23.8 Å². The molecule has 2 aromatic rings. The summed E-state index contributed by atoms with van der Waals surface area (Å²) >= 11 is 0. The lowest BCUT2D eigenvalue weighted by molar-refractivity contribution is 0.323. The molecule has 2 aromatic carbocycles. The van der Waals surface area contributed by atoms with E-state index in [1.807, 2.05) is 0 Å². The van der Waals surface area contributed by atoms with Crippen LogP contribution in [0, 0.1) is 0 Å². The van der Waals surface area contributed by atoms with Crippen molar-refractivity contribution in [1.82, 2.24) is 4.90 Å². The van der Waals surface area contributed by atoms with Gasteiger partial charge in [0.05, 0.1) is 7.55 Å². The van der Waals surface area contributed by atoms with Crippen molar-refractivity contribution in [2.75, 3.05) is 14.1 Å². The molecule has 1 nitrogen and oxygen atoms in total. The molecule has 0 radical (unpaired) electrons. The zero-order valence-electron chi connectivity index (χ0n) is 13.5. The minimum absolute atomic E-state index is 0.421. The molecular weight excluding hydrogens is 285 g/mol. The molecule has 0 spiro atoms. The summed E-state index contributed by atoms with van der Waals surface area (Å²) in [7, 11) is 3.89. The van der Waals surface area contributed by atoms with E-state index < -0.39 is 7.55 Å². The number of hydrogen-bond donors (Lipinski definition) is 0. The van der Waals surface area contributed by atoms with Gasteiger partial charge in [0.2, 0.25) is 0 Å². The van der Waals surface area contributed by atoms with E-state index in [2.05, 4.69) is 92.7 Å². The van der Waals surface area contributed by atoms with E-state index in [9.17, 15) is 0 Å². The number of allylic oxidation sites excluding steroid dienone is 4. The van der Waals surface area contributed by atoms with Crippen LogP contribution in [0.15, 0.2) is 66.8 Å². The van der Waals surface area contributed by atoms with Crippen LogP contribution in [0.2, 0.25) is 0 Å². The summed E-state index contributed by atoms with van der Waals surface area (Å²) < 4.78 is 0. The third kappa shape index (κ3) is 2.92. The third-order valence-corrected chi connectivity index (χ3v) is 6.95. The molecule has 0 saturated heterocycles. The van der Waals surface area contributed by atoms with Crippen molar-refractivity contribution >= 4 is 23.4 Å². The highest BCUT2D eigenvalue weighted by atomic mass is 31.1. The highest BCUT2D eigenvalue weighted by Crippen LogP contribution is 2.32. The van der Waals surface area contributed by atoms with Gasteiger partial charge in [0.15, 0.2) is 0 Å². The van der Waals surface area contributed by atoms with Gasteiger partial charge in [-0.3, -0.25) is 0 Å². The molecule has 114 valence electrons. The van der Waals surface area contributed by atoms with Gasteiger partial charge < -0.3 is 4.90 Å². The van der Waals surface area contributed by atoms with E-state index in [0.717, 1.165) is 6.42 Å². The molecular formula is C20H23NP-. The molecule has 0 heterocycles. The summed E-state index contributed by atoms with van der Waals surface area (Å²) in [5.74, 6) is 0. The lowest BCUT2D eigenvalue weighted by Crippen LogP contribution is -2.22. The maximum atomic E-state index is 2.33. The van der Waals surface area contributed by atoms with Gasteiger partial charge in [-0.25, -0.2) is 24.3 Å². The van der Waals surface area contributed by atoms with E-state index in [0.29, 0.717) is 6.04 Å². The molecule has 0 N–H and O–H groups in total. The largest absolute Gasteiger partial charge is 0.305 e. The molecule has 1 aliphatic rings. The summed E-state index contributed by atoms with van der Waals surface area (Å²) in [6, 6.07) is 16.1. The number of nitrogens with zero attached hydrogens (tertiary/aromatic N) is 1. The highest BCUT2D eigenvalue weighted by molar-refractivity contribution is 7.74. The Morgan fingerprint density at radius 1 is 1.09 bits per heavy atom. The van der Waals surface area contributed by atoms with Crippen molar-refractivity contribution in [3.05, 3.63) is 72.3 Å². The van der Waals surface area contributed by atoms with Crippen molar-refractivity contribution in [3.8, 4) is 0 Å². The Kier molecular flexibility index (Phi) is 4.57. The van der Waals surface area contributed by atoms with Crippen molar-refractivity contribution in [1.29, 1.82) is 0 Å². The van der Waals surface area contributed by atoms with Crippen LogP contribution >= 0.6 is 7.55 Å². The van der Waals surface area contributed by atoms with Crippen LogP contribution in [-0.4, -0.2) is 24.3 Å². The van der Waals surface area contributed by atoms with Crippen LogP contribution < -0.4 is 10.6 Å². The summed E-state index contributed by atoms with van der Waals surface area (Å²) in [5.41, 5.74) is 1.47. The molecule has 0 bridgehead atoms. The summed E-state index contributed by atoms with van der Waals surface area (Å²) in [5, 5.41) is 4.52. The number of rotatable bonds is 4. The Hall–Kier alpha value is -1.69. The van der Waals surface area contributed by atoms with Crippen molar-refractivity contribution in [2.24, 2.45) is 0 Å². The molecule has 22 heavy (non-hydrogen) atoms. The van der Waals surface area contributed by atoms with Crippen molar-refractivity contribution in [2.45, 2.75) is 19.4 Å². The first-order valence-electron chi connectivity index (χ1n) is 7.81. The predicted octanol–water partition coefficient (Wildman–Crippen LogP) is 3.87. The minimum Gasteiger partial charge on any atom is -0.305 e. The van der Waals surface area contributed by atoms with E-state index in [1.54, 1.807) is 5.29 Å². The second kappa shape index (κ2) is 6.60. The minimum atomic E-state index is -0.421. The van der Waals surface area contributed by atoms with Crippen LogP contribution in [0.1, 0.15) is 24.9 Å². The Morgan fingerprint density at radius 2 is 1.86 bits per heavy atom. The van der Waals surface area contributed by atoms with Gasteiger partial charge in [-0.1, -0.05) is 18.2 Å². The molecule has 3 rings (SSSR count). The molecule has 0 fully saturated rings. The van der Waals surface area contributed by atoms with Crippen molar-refractivity contribution in [3.63, 3.8) is 0 Å². The predicted molar refractivity (Wildman–Crippen MR) is 100 cm³/mol. The van der Waals surface area contributed by atoms with E-state index in [4.69, 9.17) is 0 Å². The van der Waals surface area contributed by atoms with Crippen LogP contribution in [0.5, 0.6) is 0 Å². The fourth-order valence-corrected chi connectivity index (χ4v) is 5.57. The second-order valence-corrected chi connectivity index (χ2v) is 8.21. The van der Waals surface area contributed by atoms with E-state index in [1.165, 1.54) is 16.2 Å². The Morgan fingerprint density at radius 3 is 2.50 bits per heavy atom. The van der Waals surface area contributed by atoms with Crippen LogP contribution in [0.3, 0.4) is 0 Å². The standard InChI is InChI=1S/C20H23NP/c1-16(21(2)3)19-14-9-15-20(19)22(18-12-7-8-13-18)17-10-5-4-6-11-17/h4-10,12-16H,11H2,1-3H3/q-1/t16-/m1/s1. The van der Waals surface area contributed by atoms with Crippen molar-refractivity contribution < 1.29 is 0 Å². The quantitative estimate of drug-likeness (QED) is 0.612. The highest BCUT2D eigenvalue weighted by Gasteiger charge is 2.20. The Labute approximate surface area is 134 Å². The second-order valence-electron chi connectivity index (χ2n) is 5.97. The average molecular weight is 308 g/mol. The average Bonchev–Trinajstić information content (AvgIpc) is 3.20. The summed E-state index contributed by atoms with van der Waals surface area (Å²) in [4.78, 5) is 2.29. The molecule has 0 saturated carbocycles. The van der Waals surface area contributed by atoms with Crippen LogP contribution in [0.4, 0.5) is 0 Å². The third-order valence-electron chi connectivity index (χ3n) is 4.34. The molecule has 2 atom stereocenters. The van der Waals surface area contributed by atoms with Gasteiger partial charge in [0, 0.05) is 23.1 Å². The lowest BCUT2D eigenvalue weighted by Gasteiger charge is -2.23. The molecule has 0 amide bonds. The normalized spacial score (nSPS) is 18.0. The first-order valence-corrected chi connectivity index (χ1v) is 9.15. The lowest BCUT2D eigenvalue weighted by atomic mass is 10.1. The first-order chi connectivity index (χ1) is 10.7. The number of hydrogen-bond acceptors (Lipinski definition) is 1. The Bertz CT molecular complexity index is 711. The van der Waals surface area contributed by atoms with Gasteiger partial charge >= 0.3 is 0 Å². The maximum absolute atomic E-state index is 2.33. The summed E-state index contributed by atoms with van der Waals surface area (Å²) in [6.07, 6.45) is 9.97. The summed E-state index contributed by atoms with van der Waals surface area (Å²) in [6.45, 7) is 2.29. The van der Waals surface area contributed by atoms with Crippen LogP contribution in [0.25, 0.3) is 0 Å². The van der Waals surface area contributed by atoms with Gasteiger partial charge in [0.25, 0.3) is 0 Å². The first kappa shape index (κ1) is 15.2.